The summed E-state index contributed by atoms with van der Waals surface area (Å²) >= 11 is 2.65. The number of fused-ring (bicyclic) bond motifs is 2. The molecule has 55 heavy (non-hydrogen) atoms. The predicted octanol–water partition coefficient (Wildman–Crippen LogP) is 6.45. The van der Waals surface area contributed by atoms with Gasteiger partial charge in [0.05, 0.1) is 36.9 Å². The molecule has 6 N–H and O–H groups in total. The van der Waals surface area contributed by atoms with E-state index in [1.807, 2.05) is 0 Å². The summed E-state index contributed by atoms with van der Waals surface area (Å²) in [5.74, 6) is -1.91. The van der Waals surface area contributed by atoms with Gasteiger partial charge >= 0.3 is 5.97 Å². The van der Waals surface area contributed by atoms with Crippen LogP contribution in [0.1, 0.15) is 94.3 Å². The Morgan fingerprint density at radius 2 is 1.40 bits per heavy atom. The fourth-order valence-corrected chi connectivity index (χ4v) is 9.93. The van der Waals surface area contributed by atoms with E-state index >= 15 is 0 Å². The average molecular weight is 850 g/mol. The number of anilines is 1. The molecule has 2 unspecified atom stereocenters. The van der Waals surface area contributed by atoms with Crippen LogP contribution in [0.3, 0.4) is 0 Å². The van der Waals surface area contributed by atoms with E-state index in [-0.39, 0.29) is 54.2 Å². The van der Waals surface area contributed by atoms with Gasteiger partial charge in [-0.25, -0.2) is 40.0 Å². The highest BCUT2D eigenvalue weighted by Gasteiger charge is 2.35. The van der Waals surface area contributed by atoms with Crippen LogP contribution in [0.15, 0.2) is 47.2 Å². The molecule has 0 saturated heterocycles. The van der Waals surface area contributed by atoms with Crippen molar-refractivity contribution < 1.29 is 41.7 Å². The van der Waals surface area contributed by atoms with Crippen LogP contribution < -0.4 is 20.5 Å². The number of aromatic nitrogens is 1. The second kappa shape index (κ2) is 18.1. The van der Waals surface area contributed by atoms with Gasteiger partial charge in [-0.15, -0.1) is 0 Å². The van der Waals surface area contributed by atoms with Crippen LogP contribution in [0.5, 0.6) is 0 Å². The predicted molar refractivity (Wildman–Crippen MR) is 218 cm³/mol. The lowest BCUT2D eigenvalue weighted by Gasteiger charge is -2.30. The van der Waals surface area contributed by atoms with Crippen molar-refractivity contribution in [3.63, 3.8) is 0 Å². The fraction of sp³-hybridized carbons (Fsp3) is 0.611. The quantitative estimate of drug-likeness (QED) is 0.206. The second-order valence-corrected chi connectivity index (χ2v) is 23.1. The number of allylic oxidation sites excluding steroid dienone is 2. The van der Waals surface area contributed by atoms with Crippen molar-refractivity contribution >= 4 is 75.5 Å². The molecular weight excluding hydrogens is 795 g/mol. The number of carbonyl (C=O) groups is 2. The van der Waals surface area contributed by atoms with Crippen LogP contribution in [0.2, 0.25) is 0 Å². The van der Waals surface area contributed by atoms with Gasteiger partial charge in [0.25, 0.3) is 0 Å². The Morgan fingerprint density at radius 1 is 0.873 bits per heavy atom. The zero-order valence-electron chi connectivity index (χ0n) is 31.8. The molecule has 4 aliphatic rings. The lowest BCUT2D eigenvalue weighted by atomic mass is 9.86. The third-order valence-electron chi connectivity index (χ3n) is 9.66. The molecule has 3 aliphatic carbocycles. The monoisotopic (exact) mass is 849 g/mol. The molecule has 13 nitrogen and oxygen atoms in total. The molecule has 2 heterocycles. The number of benzene rings is 1. The first-order chi connectivity index (χ1) is 25.4. The van der Waals surface area contributed by atoms with Crippen LogP contribution in [0, 0.1) is 17.7 Å². The van der Waals surface area contributed by atoms with Crippen LogP contribution in [-0.2, 0) is 29.6 Å². The first kappa shape index (κ1) is 44.7. The minimum absolute atomic E-state index is 0. The Hall–Kier alpha value is -2.97. The molecule has 1 aromatic carbocycles. The Kier molecular flexibility index (Phi) is 14.7. The number of aliphatic imine (C=N–C) groups is 1. The summed E-state index contributed by atoms with van der Waals surface area (Å²) in [5, 5.41) is 12.8. The topological polar surface area (TPSA) is 210 Å². The Bertz CT molecular complexity index is 2020. The summed E-state index contributed by atoms with van der Waals surface area (Å²) in [4.78, 5) is 31.7. The molecular formula is C36H54F2N6O7S4. The van der Waals surface area contributed by atoms with Gasteiger partial charge in [-0.3, -0.25) is 14.6 Å². The van der Waals surface area contributed by atoms with Crippen molar-refractivity contribution in [1.82, 2.24) is 14.4 Å². The fourth-order valence-electron chi connectivity index (χ4n) is 6.03. The Balaban J connectivity index is 0.000000247. The number of sulfonamides is 2. The average Bonchev–Trinajstić information content (AvgIpc) is 3.65. The van der Waals surface area contributed by atoms with Gasteiger partial charge < -0.3 is 16.2 Å². The van der Waals surface area contributed by atoms with Crippen molar-refractivity contribution in [2.45, 2.75) is 126 Å². The molecule has 1 amide bonds. The highest BCUT2D eigenvalue weighted by atomic mass is 32.2. The summed E-state index contributed by atoms with van der Waals surface area (Å²) < 4.78 is 78.7. The third kappa shape index (κ3) is 12.5. The number of nitrogens with two attached hydrogens (primary N) is 1. The summed E-state index contributed by atoms with van der Waals surface area (Å²) in [6, 6.07) is 4.13. The van der Waals surface area contributed by atoms with Gasteiger partial charge in [0.2, 0.25) is 26.0 Å². The number of thioether (sulfide) groups is 1. The number of carboxylic acid groups (broad SMARTS) is 1. The second-order valence-electron chi connectivity index (χ2n) is 16.0. The molecule has 2 saturated carbocycles. The molecule has 0 radical (unpaired) electrons. The number of hydrogen-bond donors (Lipinski definition) is 5. The van der Waals surface area contributed by atoms with Gasteiger partial charge in [0.1, 0.15) is 11.6 Å². The van der Waals surface area contributed by atoms with E-state index in [0.29, 0.717) is 71.9 Å². The lowest BCUT2D eigenvalue weighted by Crippen LogP contribution is -2.46. The van der Waals surface area contributed by atoms with Crippen molar-refractivity contribution in [2.24, 2.45) is 22.6 Å². The van der Waals surface area contributed by atoms with Crippen LogP contribution in [0.4, 0.5) is 13.9 Å². The summed E-state index contributed by atoms with van der Waals surface area (Å²) in [6.07, 6.45) is 9.51. The van der Waals surface area contributed by atoms with Crippen molar-refractivity contribution in [3.05, 3.63) is 48.1 Å². The molecule has 2 atom stereocenters. The first-order valence-electron chi connectivity index (χ1n) is 18.1. The van der Waals surface area contributed by atoms with Gasteiger partial charge in [-0.05, 0) is 123 Å². The zero-order valence-corrected chi connectivity index (χ0v) is 35.1. The van der Waals surface area contributed by atoms with Gasteiger partial charge in [0, 0.05) is 19.4 Å². The summed E-state index contributed by atoms with van der Waals surface area (Å²) in [6.45, 7) is 9.95. The minimum atomic E-state index is -3.39. The van der Waals surface area contributed by atoms with E-state index in [4.69, 9.17) is 10.8 Å². The van der Waals surface area contributed by atoms with E-state index in [9.17, 15) is 35.2 Å². The van der Waals surface area contributed by atoms with E-state index in [1.54, 1.807) is 59.8 Å². The maximum absolute atomic E-state index is 13.3. The number of carbonyl (C=O) groups excluding carboxylic acids is 1. The third-order valence-corrected chi connectivity index (χ3v) is 16.1. The molecule has 0 bridgehead atoms. The lowest BCUT2D eigenvalue weighted by molar-refractivity contribution is -0.142. The van der Waals surface area contributed by atoms with E-state index in [0.717, 1.165) is 0 Å². The van der Waals surface area contributed by atoms with Gasteiger partial charge in [-0.2, -0.15) is 0 Å². The molecule has 6 rings (SSSR count). The Morgan fingerprint density at radius 3 is 1.91 bits per heavy atom. The van der Waals surface area contributed by atoms with Gasteiger partial charge in [-0.1, -0.05) is 29.2 Å². The number of hydrogen-bond acceptors (Lipinski definition) is 11. The molecule has 19 heteroatoms. The molecule has 2 aromatic rings. The van der Waals surface area contributed by atoms with Crippen LogP contribution >= 0.6 is 23.1 Å². The number of nitrogens with one attached hydrogen (secondary N) is 3. The number of thiazole rings is 1. The summed E-state index contributed by atoms with van der Waals surface area (Å²) in [7, 11) is -6.72. The number of halogens is 2. The maximum Gasteiger partial charge on any atom is 0.306 e. The van der Waals surface area contributed by atoms with Crippen LogP contribution in [-0.4, -0.2) is 76.8 Å². The molecule has 308 valence electrons. The van der Waals surface area contributed by atoms with Gasteiger partial charge in [0.15, 0.2) is 10.3 Å². The largest absolute Gasteiger partial charge is 0.481 e. The molecule has 0 spiro atoms. The molecule has 2 fully saturated rings. The zero-order chi connectivity index (χ0) is 40.9. The van der Waals surface area contributed by atoms with E-state index in [1.165, 1.54) is 41.3 Å². The first-order valence-corrected chi connectivity index (χ1v) is 22.8. The van der Waals surface area contributed by atoms with E-state index in [2.05, 4.69) is 24.7 Å². The van der Waals surface area contributed by atoms with E-state index < -0.39 is 35.5 Å². The maximum atomic E-state index is 13.3. The number of amidine groups is 1. The Labute approximate surface area is 332 Å². The smallest absolute Gasteiger partial charge is 0.306 e. The molecule has 1 aliphatic heterocycles. The van der Waals surface area contributed by atoms with Crippen molar-refractivity contribution in [2.75, 3.05) is 5.32 Å². The van der Waals surface area contributed by atoms with Crippen LogP contribution in [0.25, 0.3) is 10.2 Å². The number of rotatable bonds is 7. The minimum Gasteiger partial charge on any atom is -0.481 e. The highest BCUT2D eigenvalue weighted by Crippen LogP contribution is 2.32. The van der Waals surface area contributed by atoms with Crippen molar-refractivity contribution in [1.29, 1.82) is 0 Å². The SMILES string of the molecule is CC(C)(C)S(=O)(=O)NC1CCC(C(=O)Nc2nc3ccc(F)cc3s2)CC1.CC(C)(C)S(=O)(=O)NC1CCC(C(=O)O)CC1.NC1=NC2C=CC(F)=CC2S1.[2HH]. The normalized spacial score (nSPS) is 25.7. The summed E-state index contributed by atoms with van der Waals surface area (Å²) in [5.41, 5.74) is 6.12. The number of nitrogens with zero attached hydrogens (tertiary/aromatic N) is 2. The highest BCUT2D eigenvalue weighted by molar-refractivity contribution is 8.14. The number of amides is 1. The standard InChI is InChI=1S/C18H24FN3O3S2.C11H21NO4S.C7H7FN2S.H2/c1-18(2,3)27(24,25)22-13-7-4-11(5-8-13)16(23)21-17-20-14-9-6-12(19)10-15(14)26-17;1-11(2,3)17(15,16)12-9-6-4-8(5-7-9)10(13)14;8-4-1-2-5-6(3-4)11-7(9)10-5;/h6,9-11,13,22H,4-5,7-8H2,1-3H3,(H,20,21,23);8-9,12H,4-7H2,1-3H3,(H,13,14);1-3,5-6H,(H2,9,10);1H/i;;;1+1. The number of aliphatic carboxylic acids is 1. The number of carboxylic acids is 1. The van der Waals surface area contributed by atoms with Crippen molar-refractivity contribution in [3.8, 4) is 0 Å². The molecule has 1 aromatic heterocycles.